The van der Waals surface area contributed by atoms with Gasteiger partial charge in [-0.05, 0) is 23.8 Å². The van der Waals surface area contributed by atoms with Crippen molar-refractivity contribution in [2.45, 2.75) is 11.4 Å². The molecule has 0 spiro atoms. The number of amides is 1. The van der Waals surface area contributed by atoms with E-state index in [1.165, 1.54) is 24.3 Å². The van der Waals surface area contributed by atoms with E-state index in [9.17, 15) is 13.2 Å². The lowest BCUT2D eigenvalue weighted by atomic mass is 10.2. The number of sulfonamides is 1. The Balaban J connectivity index is 2.18. The van der Waals surface area contributed by atoms with Gasteiger partial charge in [0.05, 0.1) is 5.02 Å². The van der Waals surface area contributed by atoms with E-state index in [1.54, 1.807) is 0 Å². The highest BCUT2D eigenvalue weighted by Crippen LogP contribution is 2.22. The number of hydrogen-bond donors (Lipinski definition) is 2. The Bertz CT molecular complexity index is 836. The maximum atomic E-state index is 12.2. The molecule has 0 aliphatic carbocycles. The molecule has 0 aliphatic rings. The lowest BCUT2D eigenvalue weighted by Gasteiger charge is -2.10. The molecule has 0 unspecified atom stereocenters. The van der Waals surface area contributed by atoms with E-state index in [-0.39, 0.29) is 27.9 Å². The minimum atomic E-state index is -3.81. The largest absolute Gasteiger partial charge is 0.348 e. The van der Waals surface area contributed by atoms with Gasteiger partial charge in [0.25, 0.3) is 5.91 Å². The fourth-order valence-electron chi connectivity index (χ4n) is 1.98. The predicted octanol–water partition coefficient (Wildman–Crippen LogP) is 2.73. The van der Waals surface area contributed by atoms with Crippen molar-refractivity contribution in [2.24, 2.45) is 0 Å². The van der Waals surface area contributed by atoms with Gasteiger partial charge in [-0.1, -0.05) is 48.0 Å². The van der Waals surface area contributed by atoms with Crippen LogP contribution in [0.5, 0.6) is 0 Å². The van der Waals surface area contributed by atoms with Crippen LogP contribution in [0, 0.1) is 0 Å². The summed E-state index contributed by atoms with van der Waals surface area (Å²) in [7, 11) is -3.81. The first-order chi connectivity index (χ1) is 11.4. The van der Waals surface area contributed by atoms with Crippen molar-refractivity contribution in [2.75, 3.05) is 6.54 Å². The standard InChI is InChI=1S/C17H17ClN2O3S/c1-2-10-20-24(22,23)16-11-14(8-9-15(16)18)17(21)19-12-13-6-4-3-5-7-13/h2-9,11,20H,1,10,12H2,(H,19,21). The van der Waals surface area contributed by atoms with Crippen LogP contribution in [0.3, 0.4) is 0 Å². The Labute approximate surface area is 146 Å². The molecular formula is C17H17ClN2O3S. The fraction of sp³-hybridized carbons (Fsp3) is 0.118. The lowest BCUT2D eigenvalue weighted by Crippen LogP contribution is -2.26. The van der Waals surface area contributed by atoms with E-state index in [0.717, 1.165) is 5.56 Å². The Morgan fingerprint density at radius 2 is 1.88 bits per heavy atom. The van der Waals surface area contributed by atoms with E-state index < -0.39 is 10.0 Å². The van der Waals surface area contributed by atoms with Crippen LogP contribution in [0.1, 0.15) is 15.9 Å². The normalized spacial score (nSPS) is 11.0. The van der Waals surface area contributed by atoms with Gasteiger partial charge in [0, 0.05) is 18.7 Å². The van der Waals surface area contributed by atoms with Crippen LogP contribution in [0.25, 0.3) is 0 Å². The highest BCUT2D eigenvalue weighted by molar-refractivity contribution is 7.89. The molecule has 2 rings (SSSR count). The van der Waals surface area contributed by atoms with Gasteiger partial charge < -0.3 is 5.32 Å². The second-order valence-electron chi connectivity index (χ2n) is 4.95. The smallest absolute Gasteiger partial charge is 0.251 e. The molecule has 2 aromatic carbocycles. The molecule has 0 saturated carbocycles. The topological polar surface area (TPSA) is 75.3 Å². The molecule has 0 saturated heterocycles. The summed E-state index contributed by atoms with van der Waals surface area (Å²) in [5.74, 6) is -0.379. The minimum Gasteiger partial charge on any atom is -0.348 e. The first-order valence-electron chi connectivity index (χ1n) is 7.16. The van der Waals surface area contributed by atoms with Crippen LogP contribution in [-0.2, 0) is 16.6 Å². The van der Waals surface area contributed by atoms with E-state index >= 15 is 0 Å². The van der Waals surface area contributed by atoms with Crippen molar-refractivity contribution >= 4 is 27.5 Å². The summed E-state index contributed by atoms with van der Waals surface area (Å²) >= 11 is 5.96. The fourth-order valence-corrected chi connectivity index (χ4v) is 3.50. The summed E-state index contributed by atoms with van der Waals surface area (Å²) in [6.07, 6.45) is 1.42. The summed E-state index contributed by atoms with van der Waals surface area (Å²) in [6.45, 7) is 3.87. The molecule has 24 heavy (non-hydrogen) atoms. The summed E-state index contributed by atoms with van der Waals surface area (Å²) in [6, 6.07) is 13.5. The molecule has 0 bridgehead atoms. The van der Waals surface area contributed by atoms with E-state index in [4.69, 9.17) is 11.6 Å². The molecule has 0 fully saturated rings. The predicted molar refractivity (Wildman–Crippen MR) is 94.4 cm³/mol. The van der Waals surface area contributed by atoms with Crippen LogP contribution in [0.2, 0.25) is 5.02 Å². The number of rotatable bonds is 7. The molecule has 0 heterocycles. The molecule has 5 nitrogen and oxygen atoms in total. The molecular weight excluding hydrogens is 348 g/mol. The van der Waals surface area contributed by atoms with E-state index in [0.29, 0.717) is 6.54 Å². The van der Waals surface area contributed by atoms with Crippen molar-refractivity contribution < 1.29 is 13.2 Å². The Kier molecular flexibility index (Phi) is 6.14. The number of benzene rings is 2. The molecule has 0 aromatic heterocycles. The summed E-state index contributed by atoms with van der Waals surface area (Å²) in [5.41, 5.74) is 1.16. The number of hydrogen-bond acceptors (Lipinski definition) is 3. The van der Waals surface area contributed by atoms with E-state index in [2.05, 4.69) is 16.6 Å². The van der Waals surface area contributed by atoms with Crippen molar-refractivity contribution in [3.8, 4) is 0 Å². The molecule has 0 aliphatic heterocycles. The third-order valence-corrected chi connectivity index (χ3v) is 5.10. The molecule has 1 amide bonds. The van der Waals surface area contributed by atoms with Gasteiger partial charge in [-0.2, -0.15) is 0 Å². The average Bonchev–Trinajstić information content (AvgIpc) is 2.59. The van der Waals surface area contributed by atoms with Crippen LogP contribution >= 0.6 is 11.6 Å². The molecule has 0 radical (unpaired) electrons. The zero-order valence-electron chi connectivity index (χ0n) is 12.8. The Morgan fingerprint density at radius 1 is 1.17 bits per heavy atom. The van der Waals surface area contributed by atoms with E-state index in [1.807, 2.05) is 30.3 Å². The summed E-state index contributed by atoms with van der Waals surface area (Å²) in [4.78, 5) is 12.1. The number of halogens is 1. The minimum absolute atomic E-state index is 0.0474. The van der Waals surface area contributed by atoms with Gasteiger partial charge in [-0.15, -0.1) is 6.58 Å². The molecule has 2 N–H and O–H groups in total. The van der Waals surface area contributed by atoms with Crippen molar-refractivity contribution in [3.63, 3.8) is 0 Å². The molecule has 0 atom stereocenters. The Hall–Kier alpha value is -2.15. The number of nitrogens with one attached hydrogen (secondary N) is 2. The summed E-state index contributed by atoms with van der Waals surface area (Å²) < 4.78 is 26.7. The van der Waals surface area contributed by atoms with Crippen molar-refractivity contribution in [3.05, 3.63) is 77.3 Å². The monoisotopic (exact) mass is 364 g/mol. The second-order valence-corrected chi connectivity index (χ2v) is 7.10. The zero-order valence-corrected chi connectivity index (χ0v) is 14.4. The third kappa shape index (κ3) is 4.67. The average molecular weight is 365 g/mol. The third-order valence-electron chi connectivity index (χ3n) is 3.20. The lowest BCUT2D eigenvalue weighted by molar-refractivity contribution is 0.0950. The number of carbonyl (C=O) groups is 1. The molecule has 7 heteroatoms. The quantitative estimate of drug-likeness (QED) is 0.742. The van der Waals surface area contributed by atoms with Crippen molar-refractivity contribution in [1.29, 1.82) is 0 Å². The Morgan fingerprint density at radius 3 is 2.54 bits per heavy atom. The SMILES string of the molecule is C=CCNS(=O)(=O)c1cc(C(=O)NCc2ccccc2)ccc1Cl. The maximum Gasteiger partial charge on any atom is 0.251 e. The van der Waals surface area contributed by atoms with Gasteiger partial charge >= 0.3 is 0 Å². The number of carbonyl (C=O) groups excluding carboxylic acids is 1. The van der Waals surface area contributed by atoms with Crippen LogP contribution in [0.15, 0.2) is 66.1 Å². The first kappa shape index (κ1) is 18.2. The maximum absolute atomic E-state index is 12.2. The highest BCUT2D eigenvalue weighted by atomic mass is 35.5. The van der Waals surface area contributed by atoms with Crippen LogP contribution < -0.4 is 10.0 Å². The molecule has 2 aromatic rings. The highest BCUT2D eigenvalue weighted by Gasteiger charge is 2.19. The molecule has 126 valence electrons. The van der Waals surface area contributed by atoms with Gasteiger partial charge in [-0.3, -0.25) is 4.79 Å². The van der Waals surface area contributed by atoms with Crippen molar-refractivity contribution in [1.82, 2.24) is 10.0 Å². The van der Waals surface area contributed by atoms with Crippen LogP contribution in [-0.4, -0.2) is 20.9 Å². The van der Waals surface area contributed by atoms with Gasteiger partial charge in [0.2, 0.25) is 10.0 Å². The zero-order chi connectivity index (χ0) is 17.6. The van der Waals surface area contributed by atoms with Gasteiger partial charge in [-0.25, -0.2) is 13.1 Å². The first-order valence-corrected chi connectivity index (χ1v) is 9.02. The summed E-state index contributed by atoms with van der Waals surface area (Å²) in [5, 5.41) is 2.79. The van der Waals surface area contributed by atoms with Gasteiger partial charge in [0.15, 0.2) is 0 Å². The van der Waals surface area contributed by atoms with Crippen LogP contribution in [0.4, 0.5) is 0 Å². The second kappa shape index (κ2) is 8.10. The van der Waals surface area contributed by atoms with Gasteiger partial charge in [0.1, 0.15) is 4.90 Å².